The Bertz CT molecular complexity index is 426. The molecule has 1 N–H and O–H groups in total. The molecule has 0 unspecified atom stereocenters. The summed E-state index contributed by atoms with van der Waals surface area (Å²) in [6.45, 7) is -0.0377. The summed E-state index contributed by atoms with van der Waals surface area (Å²) in [4.78, 5) is 36.4. The van der Waals surface area contributed by atoms with Gasteiger partial charge in [0.15, 0.2) is 0 Å². The molecular formula is C11H12N2O3S. The number of rotatable bonds is 3. The highest BCUT2D eigenvalue weighted by Gasteiger charge is 2.25. The van der Waals surface area contributed by atoms with Crippen molar-refractivity contribution in [2.75, 3.05) is 13.1 Å². The molecule has 0 spiro atoms. The van der Waals surface area contributed by atoms with Gasteiger partial charge in [0.05, 0.1) is 0 Å². The maximum atomic E-state index is 11.8. The third-order valence-electron chi connectivity index (χ3n) is 2.47. The lowest BCUT2D eigenvalue weighted by molar-refractivity contribution is -0.145. The first-order chi connectivity index (χ1) is 8.15. The van der Waals surface area contributed by atoms with E-state index in [1.165, 1.54) is 4.90 Å². The highest BCUT2D eigenvalue weighted by molar-refractivity contribution is 7.09. The summed E-state index contributed by atoms with van der Waals surface area (Å²) < 4.78 is 0. The molecule has 1 fully saturated rings. The number of piperazine rings is 1. The molecule has 3 amide bonds. The molecule has 0 radical (unpaired) electrons. The van der Waals surface area contributed by atoms with Gasteiger partial charge in [0, 0.05) is 11.3 Å². The Kier molecular flexibility index (Phi) is 3.53. The maximum Gasteiger partial charge on any atom is 0.246 e. The molecule has 2 rings (SSSR count). The van der Waals surface area contributed by atoms with Gasteiger partial charge >= 0.3 is 0 Å². The van der Waals surface area contributed by atoms with Gasteiger partial charge in [0.1, 0.15) is 13.1 Å². The Labute approximate surface area is 102 Å². The third kappa shape index (κ3) is 3.13. The number of hydrogen-bond donors (Lipinski definition) is 1. The van der Waals surface area contributed by atoms with Crippen LogP contribution in [0.5, 0.6) is 0 Å². The van der Waals surface area contributed by atoms with Crippen molar-refractivity contribution in [2.24, 2.45) is 0 Å². The second-order valence-corrected chi connectivity index (χ2v) is 4.83. The summed E-state index contributed by atoms with van der Waals surface area (Å²) in [6, 6.07) is 3.90. The summed E-state index contributed by atoms with van der Waals surface area (Å²) in [5, 5.41) is 4.12. The first-order valence-electron chi connectivity index (χ1n) is 5.28. The summed E-state index contributed by atoms with van der Waals surface area (Å²) in [5.41, 5.74) is 0. The third-order valence-corrected chi connectivity index (χ3v) is 3.40. The molecule has 1 aromatic heterocycles. The van der Waals surface area contributed by atoms with Crippen LogP contribution >= 0.6 is 11.3 Å². The minimum Gasteiger partial charge on any atom is -0.324 e. The number of nitrogens with zero attached hydrogens (tertiary/aromatic N) is 1. The van der Waals surface area contributed by atoms with Gasteiger partial charge < -0.3 is 4.90 Å². The maximum absolute atomic E-state index is 11.8. The Hall–Kier alpha value is -1.69. The number of nitrogens with one attached hydrogen (secondary N) is 1. The van der Waals surface area contributed by atoms with E-state index in [0.29, 0.717) is 12.8 Å². The zero-order chi connectivity index (χ0) is 12.3. The Morgan fingerprint density at radius 1 is 1.35 bits per heavy atom. The van der Waals surface area contributed by atoms with Gasteiger partial charge in [0.2, 0.25) is 17.7 Å². The molecule has 0 saturated carbocycles. The molecule has 1 saturated heterocycles. The normalized spacial score (nSPS) is 15.9. The Morgan fingerprint density at radius 3 is 2.65 bits per heavy atom. The van der Waals surface area contributed by atoms with Crippen LogP contribution in [-0.4, -0.2) is 35.7 Å². The van der Waals surface area contributed by atoms with Gasteiger partial charge in [-0.05, 0) is 17.9 Å². The highest BCUT2D eigenvalue weighted by Crippen LogP contribution is 2.12. The molecule has 0 aliphatic carbocycles. The van der Waals surface area contributed by atoms with E-state index in [-0.39, 0.29) is 19.0 Å². The number of imide groups is 1. The van der Waals surface area contributed by atoms with Crippen molar-refractivity contribution in [3.05, 3.63) is 22.4 Å². The van der Waals surface area contributed by atoms with Crippen molar-refractivity contribution in [2.45, 2.75) is 12.8 Å². The standard InChI is InChI=1S/C11H12N2O3S/c14-9-6-13(7-10(15)12-9)11(16)4-3-8-2-1-5-17-8/h1-2,5H,3-4,6-7H2,(H,12,14,15). The zero-order valence-corrected chi connectivity index (χ0v) is 9.96. The first-order valence-corrected chi connectivity index (χ1v) is 6.16. The van der Waals surface area contributed by atoms with Crippen LogP contribution in [0.15, 0.2) is 17.5 Å². The molecule has 17 heavy (non-hydrogen) atoms. The van der Waals surface area contributed by atoms with E-state index in [2.05, 4.69) is 5.32 Å². The smallest absolute Gasteiger partial charge is 0.246 e. The second kappa shape index (κ2) is 5.09. The molecule has 90 valence electrons. The summed E-state index contributed by atoms with van der Waals surface area (Å²) >= 11 is 1.60. The predicted octanol–water partition coefficient (Wildman–Crippen LogP) is 0.166. The van der Waals surface area contributed by atoms with Crippen LogP contribution in [0.2, 0.25) is 0 Å². The van der Waals surface area contributed by atoms with E-state index in [0.717, 1.165) is 4.88 Å². The predicted molar refractivity (Wildman–Crippen MR) is 62.4 cm³/mol. The number of carbonyl (C=O) groups is 3. The van der Waals surface area contributed by atoms with Gasteiger partial charge in [-0.25, -0.2) is 0 Å². The van der Waals surface area contributed by atoms with Crippen molar-refractivity contribution >= 4 is 29.1 Å². The van der Waals surface area contributed by atoms with E-state index in [4.69, 9.17) is 0 Å². The molecule has 1 aliphatic rings. The van der Waals surface area contributed by atoms with Crippen molar-refractivity contribution in [3.8, 4) is 0 Å². The van der Waals surface area contributed by atoms with Crippen LogP contribution in [0.1, 0.15) is 11.3 Å². The number of hydrogen-bond acceptors (Lipinski definition) is 4. The van der Waals surface area contributed by atoms with Crippen LogP contribution in [0.3, 0.4) is 0 Å². The number of amides is 3. The minimum atomic E-state index is -0.411. The summed E-state index contributed by atoms with van der Waals surface area (Å²) in [5.74, 6) is -0.974. The number of carbonyl (C=O) groups excluding carboxylic acids is 3. The fourth-order valence-electron chi connectivity index (χ4n) is 1.66. The van der Waals surface area contributed by atoms with Crippen LogP contribution in [0.4, 0.5) is 0 Å². The molecule has 0 atom stereocenters. The molecule has 6 heteroatoms. The molecule has 2 heterocycles. The number of thiophene rings is 1. The molecular weight excluding hydrogens is 240 g/mol. The minimum absolute atomic E-state index is 0.0188. The van der Waals surface area contributed by atoms with E-state index in [1.807, 2.05) is 17.5 Å². The molecule has 0 bridgehead atoms. The second-order valence-electron chi connectivity index (χ2n) is 3.80. The lowest BCUT2D eigenvalue weighted by Gasteiger charge is -2.25. The Balaban J connectivity index is 1.87. The lowest BCUT2D eigenvalue weighted by Crippen LogP contribution is -2.53. The average molecular weight is 252 g/mol. The van der Waals surface area contributed by atoms with Crippen LogP contribution in [-0.2, 0) is 20.8 Å². The molecule has 5 nitrogen and oxygen atoms in total. The zero-order valence-electron chi connectivity index (χ0n) is 9.14. The highest BCUT2D eigenvalue weighted by atomic mass is 32.1. The molecule has 0 aromatic carbocycles. The van der Waals surface area contributed by atoms with Crippen molar-refractivity contribution in [3.63, 3.8) is 0 Å². The van der Waals surface area contributed by atoms with Crippen LogP contribution in [0.25, 0.3) is 0 Å². The fraction of sp³-hybridized carbons (Fsp3) is 0.364. The quantitative estimate of drug-likeness (QED) is 0.780. The van der Waals surface area contributed by atoms with Crippen molar-refractivity contribution < 1.29 is 14.4 Å². The van der Waals surface area contributed by atoms with Crippen molar-refractivity contribution in [1.82, 2.24) is 10.2 Å². The van der Waals surface area contributed by atoms with Gasteiger partial charge in [-0.15, -0.1) is 11.3 Å². The lowest BCUT2D eigenvalue weighted by atomic mass is 10.2. The van der Waals surface area contributed by atoms with Crippen LogP contribution < -0.4 is 5.32 Å². The average Bonchev–Trinajstić information content (AvgIpc) is 2.77. The molecule has 1 aliphatic heterocycles. The summed E-state index contributed by atoms with van der Waals surface area (Å²) in [6.07, 6.45) is 0.990. The Morgan fingerprint density at radius 2 is 2.06 bits per heavy atom. The van der Waals surface area contributed by atoms with E-state index < -0.39 is 11.8 Å². The van der Waals surface area contributed by atoms with Gasteiger partial charge in [-0.2, -0.15) is 0 Å². The number of aryl methyl sites for hydroxylation is 1. The largest absolute Gasteiger partial charge is 0.324 e. The molecule has 1 aromatic rings. The topological polar surface area (TPSA) is 66.5 Å². The monoisotopic (exact) mass is 252 g/mol. The SMILES string of the molecule is O=C1CN(C(=O)CCc2cccs2)CC(=O)N1. The van der Waals surface area contributed by atoms with E-state index in [1.54, 1.807) is 11.3 Å². The van der Waals surface area contributed by atoms with Gasteiger partial charge in [0.25, 0.3) is 0 Å². The summed E-state index contributed by atoms with van der Waals surface area (Å²) in [7, 11) is 0. The van der Waals surface area contributed by atoms with E-state index >= 15 is 0 Å². The van der Waals surface area contributed by atoms with Crippen molar-refractivity contribution in [1.29, 1.82) is 0 Å². The van der Waals surface area contributed by atoms with Gasteiger partial charge in [-0.3, -0.25) is 19.7 Å². The van der Waals surface area contributed by atoms with Gasteiger partial charge in [-0.1, -0.05) is 6.07 Å². The van der Waals surface area contributed by atoms with Crippen LogP contribution in [0, 0.1) is 0 Å². The fourth-order valence-corrected chi connectivity index (χ4v) is 2.37. The first kappa shape index (κ1) is 11.8. The van der Waals surface area contributed by atoms with E-state index in [9.17, 15) is 14.4 Å².